The summed E-state index contributed by atoms with van der Waals surface area (Å²) in [4.78, 5) is 26.4. The van der Waals surface area contributed by atoms with Crippen molar-refractivity contribution in [2.45, 2.75) is 17.8 Å². The zero-order valence-corrected chi connectivity index (χ0v) is 18.9. The van der Waals surface area contributed by atoms with E-state index in [0.29, 0.717) is 55.8 Å². The van der Waals surface area contributed by atoms with Crippen LogP contribution < -0.4 is 15.0 Å². The monoisotopic (exact) mass is 468 g/mol. The molecule has 32 heavy (non-hydrogen) atoms. The Morgan fingerprint density at radius 3 is 2.62 bits per heavy atom. The largest absolute Gasteiger partial charge is 0.493 e. The number of fused-ring (bicyclic) bond motifs is 4. The van der Waals surface area contributed by atoms with E-state index < -0.39 is 0 Å². The van der Waals surface area contributed by atoms with Crippen molar-refractivity contribution in [1.82, 2.24) is 29.0 Å². The van der Waals surface area contributed by atoms with Gasteiger partial charge in [-0.2, -0.15) is 4.52 Å². The van der Waals surface area contributed by atoms with E-state index in [2.05, 4.69) is 15.1 Å². The molecule has 0 atom stereocenters. The molecule has 11 heteroatoms. The molecule has 4 aromatic heterocycles. The van der Waals surface area contributed by atoms with E-state index in [-0.39, 0.29) is 5.56 Å². The minimum absolute atomic E-state index is 0.196. The van der Waals surface area contributed by atoms with Crippen molar-refractivity contribution in [2.75, 3.05) is 14.2 Å². The number of hydrogen-bond donors (Lipinski definition) is 0. The number of benzene rings is 1. The van der Waals surface area contributed by atoms with Gasteiger partial charge in [0.15, 0.2) is 22.3 Å². The van der Waals surface area contributed by atoms with Crippen LogP contribution in [0.3, 0.4) is 0 Å². The highest BCUT2D eigenvalue weighted by Gasteiger charge is 2.16. The second kappa shape index (κ2) is 7.95. The molecule has 5 aromatic rings. The predicted molar refractivity (Wildman–Crippen MR) is 122 cm³/mol. The van der Waals surface area contributed by atoms with Crippen LogP contribution in [0.15, 0.2) is 46.5 Å². The third kappa shape index (κ3) is 3.51. The molecular formula is C21H17ClN6O3S. The van der Waals surface area contributed by atoms with Crippen LogP contribution in [0.25, 0.3) is 22.2 Å². The molecule has 1 aromatic carbocycles. The fourth-order valence-corrected chi connectivity index (χ4v) is 4.44. The molecule has 0 saturated carbocycles. The summed E-state index contributed by atoms with van der Waals surface area (Å²) in [6.45, 7) is 1.82. The van der Waals surface area contributed by atoms with E-state index in [1.165, 1.54) is 22.2 Å². The third-order valence-corrected chi connectivity index (χ3v) is 6.06. The third-order valence-electron chi connectivity index (χ3n) is 4.88. The van der Waals surface area contributed by atoms with Gasteiger partial charge in [-0.05, 0) is 25.1 Å². The molecule has 0 aliphatic carbocycles. The Hall–Kier alpha value is -3.37. The van der Waals surface area contributed by atoms with Crippen LogP contribution in [0.1, 0.15) is 11.5 Å². The molecule has 0 radical (unpaired) electrons. The van der Waals surface area contributed by atoms with Gasteiger partial charge in [-0.3, -0.25) is 9.20 Å². The summed E-state index contributed by atoms with van der Waals surface area (Å²) in [6.07, 6.45) is 1.55. The number of aryl methyl sites for hydroxylation is 1. The molecule has 0 saturated heterocycles. The van der Waals surface area contributed by atoms with E-state index >= 15 is 0 Å². The molecule has 162 valence electrons. The normalized spacial score (nSPS) is 11.5. The first-order chi connectivity index (χ1) is 15.5. The van der Waals surface area contributed by atoms with Gasteiger partial charge in [0.2, 0.25) is 0 Å². The van der Waals surface area contributed by atoms with Crippen LogP contribution in [0, 0.1) is 6.92 Å². The minimum Gasteiger partial charge on any atom is -0.493 e. The zero-order chi connectivity index (χ0) is 22.4. The lowest BCUT2D eigenvalue weighted by atomic mass is 10.2. The van der Waals surface area contributed by atoms with Crippen LogP contribution in [-0.2, 0) is 5.75 Å². The second-order valence-electron chi connectivity index (χ2n) is 6.96. The number of aromatic nitrogens is 6. The number of ether oxygens (including phenoxy) is 2. The van der Waals surface area contributed by atoms with Crippen molar-refractivity contribution in [3.05, 3.63) is 63.4 Å². The maximum atomic E-state index is 12.5. The Balaban J connectivity index is 1.58. The first-order valence-electron chi connectivity index (χ1n) is 9.56. The van der Waals surface area contributed by atoms with Crippen LogP contribution in [0.5, 0.6) is 11.5 Å². The van der Waals surface area contributed by atoms with E-state index in [0.717, 1.165) is 5.39 Å². The van der Waals surface area contributed by atoms with Gasteiger partial charge in [0, 0.05) is 29.5 Å². The number of thioether (sulfide) groups is 1. The first-order valence-corrected chi connectivity index (χ1v) is 10.9. The lowest BCUT2D eigenvalue weighted by Crippen LogP contribution is -2.15. The highest BCUT2D eigenvalue weighted by atomic mass is 35.5. The highest BCUT2D eigenvalue weighted by molar-refractivity contribution is 7.98. The summed E-state index contributed by atoms with van der Waals surface area (Å²) in [5.74, 6) is 2.21. The topological polar surface area (TPSA) is 95.9 Å². The number of halogens is 1. The molecule has 0 N–H and O–H groups in total. The summed E-state index contributed by atoms with van der Waals surface area (Å²) in [6, 6.07) is 8.57. The van der Waals surface area contributed by atoms with Gasteiger partial charge in [-0.15, -0.1) is 5.10 Å². The first kappa shape index (κ1) is 20.5. The second-order valence-corrected chi connectivity index (χ2v) is 8.34. The summed E-state index contributed by atoms with van der Waals surface area (Å²) in [5.41, 5.74) is 2.32. The maximum Gasteiger partial charge on any atom is 0.258 e. The Labute approximate surface area is 191 Å². The molecule has 0 unspecified atom stereocenters. The smallest absolute Gasteiger partial charge is 0.258 e. The van der Waals surface area contributed by atoms with Gasteiger partial charge in [-0.25, -0.2) is 15.0 Å². The van der Waals surface area contributed by atoms with Gasteiger partial charge in [-0.1, -0.05) is 23.4 Å². The number of methoxy groups -OCH3 is 2. The van der Waals surface area contributed by atoms with Crippen molar-refractivity contribution in [3.8, 4) is 11.5 Å². The molecule has 0 aliphatic rings. The van der Waals surface area contributed by atoms with Crippen LogP contribution in [0.4, 0.5) is 0 Å². The van der Waals surface area contributed by atoms with Gasteiger partial charge < -0.3 is 9.47 Å². The van der Waals surface area contributed by atoms with Crippen LogP contribution >= 0.6 is 23.4 Å². The van der Waals surface area contributed by atoms with Crippen molar-refractivity contribution >= 4 is 45.6 Å². The number of hydrogen-bond acceptors (Lipinski definition) is 8. The van der Waals surface area contributed by atoms with Crippen molar-refractivity contribution in [3.63, 3.8) is 0 Å². The van der Waals surface area contributed by atoms with Gasteiger partial charge >= 0.3 is 0 Å². The zero-order valence-electron chi connectivity index (χ0n) is 17.4. The summed E-state index contributed by atoms with van der Waals surface area (Å²) < 4.78 is 14.0. The molecule has 0 fully saturated rings. The van der Waals surface area contributed by atoms with Gasteiger partial charge in [0.05, 0.1) is 30.5 Å². The van der Waals surface area contributed by atoms with Gasteiger partial charge in [0.1, 0.15) is 11.5 Å². The van der Waals surface area contributed by atoms with E-state index in [1.807, 2.05) is 19.1 Å². The maximum absolute atomic E-state index is 12.5. The average molecular weight is 469 g/mol. The molecule has 0 amide bonds. The molecule has 0 spiro atoms. The predicted octanol–water partition coefficient (Wildman–Crippen LogP) is 3.56. The minimum atomic E-state index is -0.196. The van der Waals surface area contributed by atoms with Crippen LogP contribution in [-0.4, -0.2) is 43.2 Å². The molecule has 0 bridgehead atoms. The standard InChI is InChI=1S/C21H17ClN6O3S/c1-11-23-20-14-7-16(30-2)17(31-3)8-15(14)25-21(28(20)26-11)32-10-13-6-19(29)27-9-12(22)4-5-18(27)24-13/h4-9H,10H2,1-3H3. The number of rotatable bonds is 5. The van der Waals surface area contributed by atoms with Gasteiger partial charge in [0.25, 0.3) is 5.56 Å². The number of pyridine rings is 1. The van der Waals surface area contributed by atoms with Crippen molar-refractivity contribution in [2.24, 2.45) is 0 Å². The van der Waals surface area contributed by atoms with E-state index in [1.54, 1.807) is 37.1 Å². The average Bonchev–Trinajstić information content (AvgIpc) is 3.18. The molecule has 4 heterocycles. The van der Waals surface area contributed by atoms with Crippen molar-refractivity contribution in [1.29, 1.82) is 0 Å². The molecular weight excluding hydrogens is 452 g/mol. The summed E-state index contributed by atoms with van der Waals surface area (Å²) in [5, 5.41) is 6.39. The Bertz CT molecular complexity index is 1570. The van der Waals surface area contributed by atoms with Crippen molar-refractivity contribution < 1.29 is 9.47 Å². The lowest BCUT2D eigenvalue weighted by molar-refractivity contribution is 0.355. The fourth-order valence-electron chi connectivity index (χ4n) is 3.44. The fraction of sp³-hybridized carbons (Fsp3) is 0.190. The Kier molecular flexibility index (Phi) is 5.10. The molecule has 9 nitrogen and oxygen atoms in total. The van der Waals surface area contributed by atoms with Crippen LogP contribution in [0.2, 0.25) is 5.02 Å². The van der Waals surface area contributed by atoms with E-state index in [9.17, 15) is 4.79 Å². The highest BCUT2D eigenvalue weighted by Crippen LogP contribution is 2.34. The molecule has 0 aliphatic heterocycles. The SMILES string of the molecule is COc1cc2nc(SCc3cc(=O)n4cc(Cl)ccc4n3)n3nc(C)nc3c2cc1OC. The quantitative estimate of drug-likeness (QED) is 0.285. The summed E-state index contributed by atoms with van der Waals surface area (Å²) >= 11 is 7.40. The number of nitrogens with zero attached hydrogens (tertiary/aromatic N) is 6. The molecule has 5 rings (SSSR count). The van der Waals surface area contributed by atoms with E-state index in [4.69, 9.17) is 26.1 Å². The Morgan fingerprint density at radius 2 is 1.84 bits per heavy atom. The Morgan fingerprint density at radius 1 is 1.06 bits per heavy atom. The lowest BCUT2D eigenvalue weighted by Gasteiger charge is -2.11. The summed E-state index contributed by atoms with van der Waals surface area (Å²) in [7, 11) is 3.16.